The molecule has 0 aromatic carbocycles. The first kappa shape index (κ1) is 13.8. The summed E-state index contributed by atoms with van der Waals surface area (Å²) in [5, 5.41) is 8.94. The molecule has 7 heteroatoms. The van der Waals surface area contributed by atoms with Crippen LogP contribution in [0.15, 0.2) is 6.07 Å². The number of ether oxygens (including phenoxy) is 2. The van der Waals surface area contributed by atoms with Crippen LogP contribution in [-0.4, -0.2) is 25.2 Å². The maximum absolute atomic E-state index is 12.6. The zero-order chi connectivity index (χ0) is 13.7. The van der Waals surface area contributed by atoms with E-state index in [1.807, 2.05) is 0 Å². The van der Waals surface area contributed by atoms with Crippen molar-refractivity contribution < 1.29 is 23.0 Å². The Morgan fingerprint density at radius 3 is 2.67 bits per heavy atom. The summed E-state index contributed by atoms with van der Waals surface area (Å²) in [7, 11) is 2.38. The van der Waals surface area contributed by atoms with Crippen molar-refractivity contribution in [3.05, 3.63) is 22.9 Å². The van der Waals surface area contributed by atoms with Crippen LogP contribution in [0.3, 0.4) is 0 Å². The van der Waals surface area contributed by atoms with Crippen molar-refractivity contribution in [2.75, 3.05) is 14.2 Å². The summed E-state index contributed by atoms with van der Waals surface area (Å²) in [5.41, 5.74) is -0.497. The molecule has 0 saturated heterocycles. The van der Waals surface area contributed by atoms with E-state index in [0.29, 0.717) is 0 Å². The molecule has 0 aliphatic rings. The Labute approximate surface area is 102 Å². The van der Waals surface area contributed by atoms with Gasteiger partial charge in [0.1, 0.15) is 17.3 Å². The van der Waals surface area contributed by atoms with Crippen LogP contribution in [0.5, 0.6) is 5.88 Å². The highest BCUT2D eigenvalue weighted by atomic mass is 19.3. The quantitative estimate of drug-likeness (QED) is 0.765. The normalized spacial score (nSPS) is 10.0. The number of rotatable bonds is 4. The number of carbonyl (C=O) groups excluding carboxylic acids is 1. The van der Waals surface area contributed by atoms with Crippen LogP contribution in [0, 0.1) is 11.3 Å². The molecule has 1 aromatic heterocycles. The second-order valence-electron chi connectivity index (χ2n) is 3.26. The van der Waals surface area contributed by atoms with Crippen LogP contribution in [0.1, 0.15) is 23.2 Å². The SMILES string of the molecule is COC(=O)Cc1cc(C(F)F)nc(OC)c1C#N. The molecule has 0 aliphatic heterocycles. The van der Waals surface area contributed by atoms with Gasteiger partial charge in [-0.2, -0.15) is 5.26 Å². The summed E-state index contributed by atoms with van der Waals surface area (Å²) < 4.78 is 34.4. The average Bonchev–Trinajstić information content (AvgIpc) is 2.37. The molecule has 96 valence electrons. The molecule has 0 radical (unpaired) electrons. The van der Waals surface area contributed by atoms with Crippen LogP contribution in [0.4, 0.5) is 8.78 Å². The summed E-state index contributed by atoms with van der Waals surface area (Å²) in [6, 6.07) is 2.77. The van der Waals surface area contributed by atoms with Crippen LogP contribution >= 0.6 is 0 Å². The summed E-state index contributed by atoms with van der Waals surface area (Å²) in [4.78, 5) is 14.7. The number of nitriles is 1. The fourth-order valence-corrected chi connectivity index (χ4v) is 1.34. The molecule has 1 aromatic rings. The number of halogens is 2. The molecule has 1 rings (SSSR count). The Hall–Kier alpha value is -2.23. The minimum atomic E-state index is -2.82. The molecular formula is C11H10F2N2O3. The highest BCUT2D eigenvalue weighted by Crippen LogP contribution is 2.26. The van der Waals surface area contributed by atoms with Gasteiger partial charge < -0.3 is 9.47 Å². The first-order valence-electron chi connectivity index (χ1n) is 4.86. The fraction of sp³-hybridized carbons (Fsp3) is 0.364. The van der Waals surface area contributed by atoms with Gasteiger partial charge in [0.2, 0.25) is 5.88 Å². The van der Waals surface area contributed by atoms with E-state index in [0.717, 1.165) is 6.07 Å². The second kappa shape index (κ2) is 5.91. The van der Waals surface area contributed by atoms with E-state index in [1.54, 1.807) is 6.07 Å². The molecule has 5 nitrogen and oxygen atoms in total. The maximum Gasteiger partial charge on any atom is 0.310 e. The molecule has 0 saturated carbocycles. The minimum absolute atomic E-state index is 0.0488. The predicted molar refractivity (Wildman–Crippen MR) is 56.2 cm³/mol. The average molecular weight is 256 g/mol. The number of alkyl halides is 2. The molecule has 0 spiro atoms. The molecule has 1 heterocycles. The van der Waals surface area contributed by atoms with Crippen molar-refractivity contribution in [3.8, 4) is 11.9 Å². The number of methoxy groups -OCH3 is 2. The van der Waals surface area contributed by atoms with Crippen LogP contribution in [0.2, 0.25) is 0 Å². The second-order valence-corrected chi connectivity index (χ2v) is 3.26. The Balaban J connectivity index is 3.32. The van der Waals surface area contributed by atoms with Crippen molar-refractivity contribution in [1.29, 1.82) is 5.26 Å². The zero-order valence-corrected chi connectivity index (χ0v) is 9.74. The highest BCUT2D eigenvalue weighted by Gasteiger charge is 2.19. The van der Waals surface area contributed by atoms with Gasteiger partial charge in [0.15, 0.2) is 0 Å². The number of hydrogen-bond donors (Lipinski definition) is 0. The van der Waals surface area contributed by atoms with Crippen molar-refractivity contribution in [1.82, 2.24) is 4.98 Å². The van der Waals surface area contributed by atoms with E-state index < -0.39 is 18.1 Å². The lowest BCUT2D eigenvalue weighted by Gasteiger charge is -2.09. The summed E-state index contributed by atoms with van der Waals surface area (Å²) in [5.74, 6) is -0.867. The monoisotopic (exact) mass is 256 g/mol. The third-order valence-corrected chi connectivity index (χ3v) is 2.18. The van der Waals surface area contributed by atoms with Gasteiger partial charge in [-0.15, -0.1) is 0 Å². The first-order valence-corrected chi connectivity index (χ1v) is 4.86. The molecular weight excluding hydrogens is 246 g/mol. The third-order valence-electron chi connectivity index (χ3n) is 2.18. The summed E-state index contributed by atoms with van der Waals surface area (Å²) in [6.07, 6.45) is -3.11. The molecule has 0 bridgehead atoms. The van der Waals surface area contributed by atoms with E-state index in [2.05, 4.69) is 9.72 Å². The van der Waals surface area contributed by atoms with Gasteiger partial charge >= 0.3 is 5.97 Å². The smallest absolute Gasteiger partial charge is 0.310 e. The van der Waals surface area contributed by atoms with Crippen molar-refractivity contribution in [3.63, 3.8) is 0 Å². The van der Waals surface area contributed by atoms with E-state index in [4.69, 9.17) is 10.00 Å². The van der Waals surface area contributed by atoms with Crippen molar-refractivity contribution >= 4 is 5.97 Å². The van der Waals surface area contributed by atoms with Gasteiger partial charge in [-0.25, -0.2) is 13.8 Å². The largest absolute Gasteiger partial charge is 0.480 e. The van der Waals surface area contributed by atoms with Gasteiger partial charge in [0.05, 0.1) is 20.6 Å². The fourth-order valence-electron chi connectivity index (χ4n) is 1.34. The molecule has 0 fully saturated rings. The highest BCUT2D eigenvalue weighted by molar-refractivity contribution is 5.73. The lowest BCUT2D eigenvalue weighted by atomic mass is 10.1. The maximum atomic E-state index is 12.6. The lowest BCUT2D eigenvalue weighted by molar-refractivity contribution is -0.139. The van der Waals surface area contributed by atoms with Crippen molar-refractivity contribution in [2.45, 2.75) is 12.8 Å². The number of pyridine rings is 1. The third kappa shape index (κ3) is 2.91. The summed E-state index contributed by atoms with van der Waals surface area (Å²) >= 11 is 0. The van der Waals surface area contributed by atoms with Gasteiger partial charge in [0.25, 0.3) is 6.43 Å². The van der Waals surface area contributed by atoms with E-state index in [1.165, 1.54) is 14.2 Å². The molecule has 0 unspecified atom stereocenters. The summed E-state index contributed by atoms with van der Waals surface area (Å²) in [6.45, 7) is 0. The molecule has 18 heavy (non-hydrogen) atoms. The lowest BCUT2D eigenvalue weighted by Crippen LogP contribution is -2.09. The number of aromatic nitrogens is 1. The van der Waals surface area contributed by atoms with Gasteiger partial charge in [-0.3, -0.25) is 4.79 Å². The van der Waals surface area contributed by atoms with Gasteiger partial charge in [-0.1, -0.05) is 0 Å². The van der Waals surface area contributed by atoms with Gasteiger partial charge in [0, 0.05) is 0 Å². The zero-order valence-electron chi connectivity index (χ0n) is 9.74. The van der Waals surface area contributed by atoms with E-state index in [-0.39, 0.29) is 23.4 Å². The topological polar surface area (TPSA) is 72.2 Å². The Kier molecular flexibility index (Phi) is 4.54. The molecule has 0 N–H and O–H groups in total. The molecule has 0 amide bonds. The van der Waals surface area contributed by atoms with Crippen LogP contribution in [-0.2, 0) is 16.0 Å². The van der Waals surface area contributed by atoms with Crippen LogP contribution < -0.4 is 4.74 Å². The molecule has 0 aliphatic carbocycles. The van der Waals surface area contributed by atoms with Gasteiger partial charge in [-0.05, 0) is 11.6 Å². The van der Waals surface area contributed by atoms with Crippen LogP contribution in [0.25, 0.3) is 0 Å². The number of nitrogens with zero attached hydrogens (tertiary/aromatic N) is 2. The molecule has 0 atom stereocenters. The van der Waals surface area contributed by atoms with E-state index in [9.17, 15) is 13.6 Å². The Bertz CT molecular complexity index is 498. The predicted octanol–water partition coefficient (Wildman–Crippen LogP) is 1.61. The minimum Gasteiger partial charge on any atom is -0.480 e. The van der Waals surface area contributed by atoms with E-state index >= 15 is 0 Å². The standard InChI is InChI=1S/C11H10F2N2O3/c1-17-9(16)4-6-3-8(10(12)13)15-11(18-2)7(6)5-14/h3,10H,4H2,1-2H3. The van der Waals surface area contributed by atoms with Crippen molar-refractivity contribution in [2.24, 2.45) is 0 Å². The number of carbonyl (C=O) groups is 1. The number of hydrogen-bond acceptors (Lipinski definition) is 5. The Morgan fingerprint density at radius 1 is 1.56 bits per heavy atom. The Morgan fingerprint density at radius 2 is 2.22 bits per heavy atom. The number of esters is 1. The first-order chi connectivity index (χ1) is 8.53.